The maximum Gasteiger partial charge on any atom is 0.260 e. The van der Waals surface area contributed by atoms with Crippen LogP contribution in [0.2, 0.25) is 0 Å². The van der Waals surface area contributed by atoms with E-state index in [0.717, 1.165) is 41.7 Å². The highest BCUT2D eigenvalue weighted by atomic mass is 16.2. The maximum atomic E-state index is 13.5. The largest absolute Gasteiger partial charge is 0.357 e. The Labute approximate surface area is 194 Å². The van der Waals surface area contributed by atoms with Gasteiger partial charge < -0.3 is 14.8 Å². The van der Waals surface area contributed by atoms with Crippen molar-refractivity contribution in [3.05, 3.63) is 46.9 Å². The monoisotopic (exact) mass is 448 g/mol. The third-order valence-electron chi connectivity index (χ3n) is 6.09. The van der Waals surface area contributed by atoms with Crippen LogP contribution < -0.4 is 15.1 Å². The number of carbonyl (C=O) groups is 1. The molecule has 3 aromatic rings. The fourth-order valence-electron chi connectivity index (χ4n) is 4.06. The molecule has 3 aromatic heterocycles. The van der Waals surface area contributed by atoms with Gasteiger partial charge in [-0.2, -0.15) is 0 Å². The molecule has 0 bridgehead atoms. The number of anilines is 2. The molecule has 0 saturated heterocycles. The van der Waals surface area contributed by atoms with E-state index in [1.54, 1.807) is 4.90 Å². The van der Waals surface area contributed by atoms with Crippen LogP contribution in [0.4, 0.5) is 11.6 Å². The van der Waals surface area contributed by atoms with Gasteiger partial charge in [-0.15, -0.1) is 10.2 Å². The summed E-state index contributed by atoms with van der Waals surface area (Å²) in [6.07, 6.45) is 0.972. The van der Waals surface area contributed by atoms with E-state index in [-0.39, 0.29) is 11.9 Å². The first-order chi connectivity index (χ1) is 15.8. The van der Waals surface area contributed by atoms with Gasteiger partial charge in [0.15, 0.2) is 5.82 Å². The van der Waals surface area contributed by atoms with Gasteiger partial charge in [0.25, 0.3) is 5.91 Å². The van der Waals surface area contributed by atoms with Crippen LogP contribution in [0.25, 0.3) is 11.5 Å². The standard InChI is InChI=1S/C24H32N8O/c1-7-11-31-16(4)28-29-23(31)19-9-8-10-21(26-19)32-14-18-17(24(32)33)12-22(30(6)15(2)3)27-20(18)13-25-5/h8-10,12,15,25H,7,11,13-14H2,1-6H3. The van der Waals surface area contributed by atoms with Crippen molar-refractivity contribution in [3.63, 3.8) is 0 Å². The molecule has 0 radical (unpaired) electrons. The molecule has 0 aliphatic carbocycles. The normalized spacial score (nSPS) is 13.2. The Bertz CT molecular complexity index is 1170. The lowest BCUT2D eigenvalue weighted by molar-refractivity contribution is 0.0996. The first kappa shape index (κ1) is 22.8. The van der Waals surface area contributed by atoms with E-state index in [4.69, 9.17) is 9.97 Å². The van der Waals surface area contributed by atoms with Crippen molar-refractivity contribution in [1.29, 1.82) is 0 Å². The molecule has 4 heterocycles. The zero-order valence-corrected chi connectivity index (χ0v) is 20.3. The molecule has 1 amide bonds. The van der Waals surface area contributed by atoms with Crippen molar-refractivity contribution < 1.29 is 4.79 Å². The summed E-state index contributed by atoms with van der Waals surface area (Å²) in [6, 6.07) is 7.87. The number of nitrogens with zero attached hydrogens (tertiary/aromatic N) is 7. The highest BCUT2D eigenvalue weighted by Gasteiger charge is 2.33. The van der Waals surface area contributed by atoms with E-state index in [1.165, 1.54) is 0 Å². The molecule has 0 unspecified atom stereocenters. The summed E-state index contributed by atoms with van der Waals surface area (Å²) in [7, 11) is 3.89. The molecular weight excluding hydrogens is 416 g/mol. The van der Waals surface area contributed by atoms with Crippen LogP contribution in [0, 0.1) is 6.92 Å². The third-order valence-corrected chi connectivity index (χ3v) is 6.09. The van der Waals surface area contributed by atoms with Crippen LogP contribution in [0.15, 0.2) is 24.3 Å². The first-order valence-corrected chi connectivity index (χ1v) is 11.4. The predicted molar refractivity (Wildman–Crippen MR) is 129 cm³/mol. The second-order valence-electron chi connectivity index (χ2n) is 8.68. The van der Waals surface area contributed by atoms with Crippen molar-refractivity contribution in [2.45, 2.75) is 59.8 Å². The summed E-state index contributed by atoms with van der Waals surface area (Å²) >= 11 is 0. The van der Waals surface area contributed by atoms with Gasteiger partial charge in [-0.25, -0.2) is 9.97 Å². The summed E-state index contributed by atoms with van der Waals surface area (Å²) < 4.78 is 2.07. The van der Waals surface area contributed by atoms with Gasteiger partial charge in [-0.3, -0.25) is 9.69 Å². The summed E-state index contributed by atoms with van der Waals surface area (Å²) in [5.41, 5.74) is 3.24. The molecule has 174 valence electrons. The number of aryl methyl sites for hydroxylation is 1. The van der Waals surface area contributed by atoms with Crippen molar-refractivity contribution in [2.75, 3.05) is 23.9 Å². The lowest BCUT2D eigenvalue weighted by atomic mass is 10.1. The van der Waals surface area contributed by atoms with E-state index >= 15 is 0 Å². The van der Waals surface area contributed by atoms with Gasteiger partial charge in [-0.05, 0) is 52.4 Å². The number of hydrogen-bond donors (Lipinski definition) is 1. The van der Waals surface area contributed by atoms with Crippen LogP contribution in [-0.4, -0.2) is 50.8 Å². The smallest absolute Gasteiger partial charge is 0.260 e. The lowest BCUT2D eigenvalue weighted by Crippen LogP contribution is -2.27. The van der Waals surface area contributed by atoms with Crippen molar-refractivity contribution in [1.82, 2.24) is 30.0 Å². The highest BCUT2D eigenvalue weighted by molar-refractivity contribution is 6.10. The number of pyridine rings is 2. The highest BCUT2D eigenvalue weighted by Crippen LogP contribution is 2.32. The fraction of sp³-hybridized carbons (Fsp3) is 0.458. The van der Waals surface area contributed by atoms with Gasteiger partial charge in [0.1, 0.15) is 23.2 Å². The van der Waals surface area contributed by atoms with E-state index in [2.05, 4.69) is 45.8 Å². The van der Waals surface area contributed by atoms with Gasteiger partial charge in [0, 0.05) is 31.7 Å². The zero-order chi connectivity index (χ0) is 23.7. The van der Waals surface area contributed by atoms with Crippen LogP contribution >= 0.6 is 0 Å². The number of fused-ring (bicyclic) bond motifs is 1. The van der Waals surface area contributed by atoms with Crippen LogP contribution in [0.5, 0.6) is 0 Å². The average molecular weight is 449 g/mol. The minimum atomic E-state index is -0.0565. The second kappa shape index (κ2) is 9.27. The molecular formula is C24H32N8O. The maximum absolute atomic E-state index is 13.5. The Hall–Kier alpha value is -3.33. The molecule has 0 saturated carbocycles. The Kier molecular flexibility index (Phi) is 6.42. The van der Waals surface area contributed by atoms with Crippen LogP contribution in [0.1, 0.15) is 54.6 Å². The molecule has 33 heavy (non-hydrogen) atoms. The molecule has 0 aromatic carbocycles. The zero-order valence-electron chi connectivity index (χ0n) is 20.3. The Morgan fingerprint density at radius 2 is 2.00 bits per heavy atom. The number of nitrogens with one attached hydrogen (secondary N) is 1. The van der Waals surface area contributed by atoms with E-state index in [9.17, 15) is 4.79 Å². The van der Waals surface area contributed by atoms with Crippen molar-refractivity contribution in [2.24, 2.45) is 0 Å². The molecule has 0 atom stereocenters. The van der Waals surface area contributed by atoms with Gasteiger partial charge in [-0.1, -0.05) is 13.0 Å². The van der Waals surface area contributed by atoms with Crippen molar-refractivity contribution in [3.8, 4) is 11.5 Å². The summed E-state index contributed by atoms with van der Waals surface area (Å²) in [4.78, 5) is 27.0. The summed E-state index contributed by atoms with van der Waals surface area (Å²) in [5.74, 6) is 2.92. The van der Waals surface area contributed by atoms with Gasteiger partial charge >= 0.3 is 0 Å². The predicted octanol–water partition coefficient (Wildman–Crippen LogP) is 3.18. The van der Waals surface area contributed by atoms with Gasteiger partial charge in [0.05, 0.1) is 17.8 Å². The molecule has 9 nitrogen and oxygen atoms in total. The number of aromatic nitrogens is 5. The minimum Gasteiger partial charge on any atom is -0.357 e. The summed E-state index contributed by atoms with van der Waals surface area (Å²) in [6.45, 7) is 10.1. The SMILES string of the molecule is CCCn1c(C)nnc1-c1cccc(N2Cc3c(cc(N(C)C(C)C)nc3CNC)C2=O)n1. The molecule has 1 aliphatic rings. The van der Waals surface area contributed by atoms with Crippen LogP contribution in [0.3, 0.4) is 0 Å². The molecule has 1 aliphatic heterocycles. The van der Waals surface area contributed by atoms with E-state index in [0.29, 0.717) is 30.2 Å². The average Bonchev–Trinajstić information content (AvgIpc) is 3.34. The molecule has 0 fully saturated rings. The number of rotatable bonds is 8. The molecule has 4 rings (SSSR count). The Morgan fingerprint density at radius 3 is 2.70 bits per heavy atom. The molecule has 1 N–H and O–H groups in total. The Morgan fingerprint density at radius 1 is 1.21 bits per heavy atom. The molecule has 9 heteroatoms. The first-order valence-electron chi connectivity index (χ1n) is 11.4. The summed E-state index contributed by atoms with van der Waals surface area (Å²) in [5, 5.41) is 11.8. The quantitative estimate of drug-likeness (QED) is 0.566. The minimum absolute atomic E-state index is 0.0565. The van der Waals surface area contributed by atoms with Gasteiger partial charge in [0.2, 0.25) is 0 Å². The molecule has 0 spiro atoms. The number of hydrogen-bond acceptors (Lipinski definition) is 7. The topological polar surface area (TPSA) is 92.1 Å². The lowest BCUT2D eigenvalue weighted by Gasteiger charge is -2.24. The second-order valence-corrected chi connectivity index (χ2v) is 8.68. The van der Waals surface area contributed by atoms with E-state index < -0.39 is 0 Å². The van der Waals surface area contributed by atoms with Crippen molar-refractivity contribution >= 4 is 17.5 Å². The Balaban J connectivity index is 1.72. The number of carbonyl (C=O) groups excluding carboxylic acids is 1. The fourth-order valence-corrected chi connectivity index (χ4v) is 4.06. The van der Waals surface area contributed by atoms with E-state index in [1.807, 2.05) is 45.3 Å². The third kappa shape index (κ3) is 4.20. The number of amides is 1. The van der Waals surface area contributed by atoms with Crippen LogP contribution in [-0.2, 0) is 19.6 Å².